The number of hydroxylamine groups is 2. The van der Waals surface area contributed by atoms with Crippen LogP contribution in [0.25, 0.3) is 0 Å². The maximum atomic E-state index is 13.8. The van der Waals surface area contributed by atoms with Crippen LogP contribution in [0.3, 0.4) is 0 Å². The third-order valence-corrected chi connectivity index (χ3v) is 5.57. The highest BCUT2D eigenvalue weighted by Crippen LogP contribution is 2.42. The van der Waals surface area contributed by atoms with Crippen molar-refractivity contribution in [3.63, 3.8) is 0 Å². The number of ether oxygens (including phenoxy) is 1. The highest BCUT2D eigenvalue weighted by Gasteiger charge is 2.53. The fraction of sp³-hybridized carbons (Fsp3) is 0.320. The van der Waals surface area contributed by atoms with E-state index in [1.807, 2.05) is 80.6 Å². The van der Waals surface area contributed by atoms with Crippen LogP contribution in [0.5, 0.6) is 0 Å². The zero-order valence-electron chi connectivity index (χ0n) is 18.5. The topological polar surface area (TPSA) is 73.7 Å². The molecular formula is C25H27N3O4. The molecule has 0 bridgehead atoms. The lowest BCUT2D eigenvalue weighted by atomic mass is 9.88. The van der Waals surface area contributed by atoms with E-state index < -0.39 is 24.0 Å². The van der Waals surface area contributed by atoms with Crippen molar-refractivity contribution in [2.24, 2.45) is 5.92 Å². The summed E-state index contributed by atoms with van der Waals surface area (Å²) in [7, 11) is 0. The number of hydrogen-bond acceptors (Lipinski definition) is 6. The van der Waals surface area contributed by atoms with Crippen LogP contribution in [0.4, 0.5) is 0 Å². The summed E-state index contributed by atoms with van der Waals surface area (Å²) in [6.07, 6.45) is -1.07. The molecule has 0 radical (unpaired) electrons. The van der Waals surface area contributed by atoms with Gasteiger partial charge in [-0.2, -0.15) is 10.2 Å². The van der Waals surface area contributed by atoms with Crippen molar-refractivity contribution >= 4 is 11.9 Å². The van der Waals surface area contributed by atoms with Gasteiger partial charge in [0.05, 0.1) is 18.3 Å². The summed E-state index contributed by atoms with van der Waals surface area (Å²) in [5.74, 6) is -1.67. The number of carbonyl (C=O) groups excluding carboxylic acids is 2. The van der Waals surface area contributed by atoms with Crippen LogP contribution in [0.1, 0.15) is 40.3 Å². The van der Waals surface area contributed by atoms with Gasteiger partial charge in [-0.05, 0) is 38.0 Å². The van der Waals surface area contributed by atoms with E-state index in [9.17, 15) is 9.59 Å². The lowest BCUT2D eigenvalue weighted by molar-refractivity contribution is -0.193. The Kier molecular flexibility index (Phi) is 6.48. The minimum Gasteiger partial charge on any atom is -0.464 e. The van der Waals surface area contributed by atoms with Crippen molar-refractivity contribution in [1.82, 2.24) is 14.8 Å². The smallest absolute Gasteiger partial charge is 0.338 e. The van der Waals surface area contributed by atoms with Crippen LogP contribution >= 0.6 is 0 Å². The lowest BCUT2D eigenvalue weighted by Crippen LogP contribution is -2.38. The van der Waals surface area contributed by atoms with E-state index >= 15 is 0 Å². The Bertz CT molecular complexity index is 1080. The molecule has 3 atom stereocenters. The van der Waals surface area contributed by atoms with E-state index in [0.29, 0.717) is 12.2 Å². The molecule has 1 aromatic heterocycles. The van der Waals surface area contributed by atoms with Gasteiger partial charge in [0.15, 0.2) is 6.10 Å². The van der Waals surface area contributed by atoms with Gasteiger partial charge in [-0.25, -0.2) is 9.48 Å². The highest BCUT2D eigenvalue weighted by atomic mass is 16.7. The van der Waals surface area contributed by atoms with E-state index in [1.54, 1.807) is 12.0 Å². The monoisotopic (exact) mass is 433 g/mol. The summed E-state index contributed by atoms with van der Waals surface area (Å²) < 4.78 is 6.66. The Hall–Kier alpha value is -3.29. The van der Waals surface area contributed by atoms with Crippen LogP contribution < -0.4 is 0 Å². The molecule has 0 spiro atoms. The number of hydrogen-bond donors (Lipinski definition) is 0. The number of aromatic nitrogens is 2. The van der Waals surface area contributed by atoms with Crippen molar-refractivity contribution < 1.29 is 19.2 Å². The Morgan fingerprint density at radius 2 is 1.69 bits per heavy atom. The average Bonchev–Trinajstić information content (AvgIpc) is 3.34. The van der Waals surface area contributed by atoms with Crippen molar-refractivity contribution in [2.75, 3.05) is 6.61 Å². The molecule has 2 aromatic carbocycles. The van der Waals surface area contributed by atoms with Crippen molar-refractivity contribution in [1.29, 1.82) is 0 Å². The molecule has 1 saturated heterocycles. The molecule has 3 aromatic rings. The summed E-state index contributed by atoms with van der Waals surface area (Å²) in [6, 6.07) is 20.8. The van der Waals surface area contributed by atoms with Crippen molar-refractivity contribution in [3.8, 4) is 0 Å². The molecule has 166 valence electrons. The Balaban J connectivity index is 1.79. The van der Waals surface area contributed by atoms with Gasteiger partial charge in [0.25, 0.3) is 5.91 Å². The van der Waals surface area contributed by atoms with Gasteiger partial charge < -0.3 is 4.74 Å². The third-order valence-electron chi connectivity index (χ3n) is 5.57. The fourth-order valence-corrected chi connectivity index (χ4v) is 4.22. The van der Waals surface area contributed by atoms with Crippen LogP contribution in [-0.4, -0.2) is 39.4 Å². The van der Waals surface area contributed by atoms with Gasteiger partial charge >= 0.3 is 5.97 Å². The first-order chi connectivity index (χ1) is 15.5. The Labute approximate surface area is 187 Å². The van der Waals surface area contributed by atoms with Crippen LogP contribution in [0, 0.1) is 19.8 Å². The summed E-state index contributed by atoms with van der Waals surface area (Å²) in [6.45, 7) is 6.01. The van der Waals surface area contributed by atoms with Gasteiger partial charge in [-0.15, -0.1) is 0 Å². The molecule has 7 heteroatoms. The van der Waals surface area contributed by atoms with E-state index in [-0.39, 0.29) is 12.5 Å². The number of carbonyl (C=O) groups is 2. The van der Waals surface area contributed by atoms with Crippen LogP contribution in [0.15, 0.2) is 66.7 Å². The summed E-state index contributed by atoms with van der Waals surface area (Å²) in [5, 5.41) is 6.10. The van der Waals surface area contributed by atoms with Crippen molar-refractivity contribution in [3.05, 3.63) is 89.2 Å². The van der Waals surface area contributed by atoms with Crippen LogP contribution in [0.2, 0.25) is 0 Å². The predicted octanol–water partition coefficient (Wildman–Crippen LogP) is 3.88. The lowest BCUT2D eigenvalue weighted by Gasteiger charge is -2.25. The quantitative estimate of drug-likeness (QED) is 0.550. The minimum absolute atomic E-state index is 0.203. The van der Waals surface area contributed by atoms with E-state index in [1.165, 1.54) is 4.68 Å². The number of nitrogens with zero attached hydrogens (tertiary/aromatic N) is 3. The maximum absolute atomic E-state index is 13.8. The fourth-order valence-electron chi connectivity index (χ4n) is 4.22. The Morgan fingerprint density at radius 1 is 1.03 bits per heavy atom. The van der Waals surface area contributed by atoms with E-state index in [4.69, 9.17) is 9.57 Å². The molecule has 0 unspecified atom stereocenters. The molecule has 4 rings (SSSR count). The molecule has 2 heterocycles. The van der Waals surface area contributed by atoms with Gasteiger partial charge in [0.1, 0.15) is 5.92 Å². The standard InChI is InChI=1S/C25H27N3O4/c1-4-31-25(30)23-21(24(29)28-18(3)15-17(2)26-28)22(20-13-9-6-10-14-20)27(32-23)16-19-11-7-5-8-12-19/h5-15,21-23H,4,16H2,1-3H3/t21-,22-,23-/m0/s1. The summed E-state index contributed by atoms with van der Waals surface area (Å²) in [4.78, 5) is 32.8. The van der Waals surface area contributed by atoms with Gasteiger partial charge in [0, 0.05) is 12.2 Å². The molecule has 1 fully saturated rings. The second-order valence-corrected chi connectivity index (χ2v) is 7.90. The number of esters is 1. The first-order valence-electron chi connectivity index (χ1n) is 10.8. The number of benzene rings is 2. The van der Waals surface area contributed by atoms with Crippen LogP contribution in [-0.2, 0) is 20.9 Å². The zero-order chi connectivity index (χ0) is 22.7. The first kappa shape index (κ1) is 21.9. The SMILES string of the molecule is CCOC(=O)[C@H]1ON(Cc2ccccc2)[C@@H](c2ccccc2)[C@@H]1C(=O)n1nc(C)cc1C. The zero-order valence-corrected chi connectivity index (χ0v) is 18.5. The average molecular weight is 434 g/mol. The molecule has 0 aliphatic carbocycles. The Morgan fingerprint density at radius 3 is 2.28 bits per heavy atom. The predicted molar refractivity (Wildman–Crippen MR) is 118 cm³/mol. The summed E-state index contributed by atoms with van der Waals surface area (Å²) >= 11 is 0. The van der Waals surface area contributed by atoms with Gasteiger partial charge in [0.2, 0.25) is 0 Å². The molecular weight excluding hydrogens is 406 g/mol. The largest absolute Gasteiger partial charge is 0.464 e. The van der Waals surface area contributed by atoms with Gasteiger partial charge in [-0.3, -0.25) is 9.63 Å². The third kappa shape index (κ3) is 4.35. The second-order valence-electron chi connectivity index (χ2n) is 7.90. The first-order valence-corrected chi connectivity index (χ1v) is 10.8. The van der Waals surface area contributed by atoms with Crippen molar-refractivity contribution in [2.45, 2.75) is 39.5 Å². The normalized spacial score (nSPS) is 20.9. The second kappa shape index (κ2) is 9.46. The minimum atomic E-state index is -1.07. The molecule has 32 heavy (non-hydrogen) atoms. The van der Waals surface area contributed by atoms with E-state index in [2.05, 4.69) is 5.10 Å². The van der Waals surface area contributed by atoms with Gasteiger partial charge in [-0.1, -0.05) is 60.7 Å². The molecule has 0 amide bonds. The number of rotatable bonds is 6. The highest BCUT2D eigenvalue weighted by molar-refractivity contribution is 5.89. The molecule has 1 aliphatic heterocycles. The molecule has 0 saturated carbocycles. The summed E-state index contributed by atoms with van der Waals surface area (Å²) in [5.41, 5.74) is 3.34. The number of aryl methyl sites for hydroxylation is 2. The molecule has 7 nitrogen and oxygen atoms in total. The molecule has 0 N–H and O–H groups in total. The molecule has 1 aliphatic rings. The van der Waals surface area contributed by atoms with E-state index in [0.717, 1.165) is 16.8 Å². The maximum Gasteiger partial charge on any atom is 0.338 e.